The zero-order valence-electron chi connectivity index (χ0n) is 20.0. The van der Waals surface area contributed by atoms with Crippen molar-refractivity contribution in [1.29, 1.82) is 0 Å². The normalized spacial score (nSPS) is 15.3. The maximum Gasteiger partial charge on any atom is 0.141 e. The highest BCUT2D eigenvalue weighted by atomic mass is 16.3. The van der Waals surface area contributed by atoms with Gasteiger partial charge in [0.15, 0.2) is 0 Å². The summed E-state index contributed by atoms with van der Waals surface area (Å²) in [6, 6.07) is 41.5. The van der Waals surface area contributed by atoms with E-state index >= 15 is 0 Å². The Bertz CT molecular complexity index is 1930. The highest BCUT2D eigenvalue weighted by molar-refractivity contribution is 6.14. The van der Waals surface area contributed by atoms with Gasteiger partial charge in [-0.15, -0.1) is 0 Å². The van der Waals surface area contributed by atoms with Crippen LogP contribution in [0.4, 0.5) is 5.69 Å². The summed E-state index contributed by atoms with van der Waals surface area (Å²) in [7, 11) is 0. The molecular formula is C35H21NO. The highest BCUT2D eigenvalue weighted by Crippen LogP contribution is 2.65. The molecular weight excluding hydrogens is 450 g/mol. The van der Waals surface area contributed by atoms with E-state index in [-0.39, 0.29) is 0 Å². The summed E-state index contributed by atoms with van der Waals surface area (Å²) in [6.07, 6.45) is 0.836. The summed E-state index contributed by atoms with van der Waals surface area (Å²) < 4.78 is 6.78. The van der Waals surface area contributed by atoms with Crippen LogP contribution in [-0.4, -0.2) is 5.71 Å². The van der Waals surface area contributed by atoms with E-state index in [9.17, 15) is 0 Å². The first-order chi connectivity index (χ1) is 18.4. The number of rotatable bonds is 1. The molecule has 0 saturated carbocycles. The molecule has 0 fully saturated rings. The molecule has 0 unspecified atom stereocenters. The van der Waals surface area contributed by atoms with Crippen molar-refractivity contribution in [3.63, 3.8) is 0 Å². The van der Waals surface area contributed by atoms with Gasteiger partial charge in [0.2, 0.25) is 0 Å². The van der Waals surface area contributed by atoms with Crippen molar-refractivity contribution in [2.24, 2.45) is 4.99 Å². The summed E-state index contributed by atoms with van der Waals surface area (Å²) in [5.41, 5.74) is 14.2. The molecule has 1 aliphatic heterocycles. The summed E-state index contributed by atoms with van der Waals surface area (Å²) in [6.45, 7) is 0. The van der Waals surface area contributed by atoms with Gasteiger partial charge in [-0.1, -0.05) is 103 Å². The van der Waals surface area contributed by atoms with Crippen LogP contribution in [0.2, 0.25) is 0 Å². The summed E-state index contributed by atoms with van der Waals surface area (Å²) >= 11 is 0. The third-order valence-corrected chi connectivity index (χ3v) is 8.53. The molecule has 3 aliphatic rings. The lowest BCUT2D eigenvalue weighted by Crippen LogP contribution is -2.26. The Morgan fingerprint density at radius 3 is 2.05 bits per heavy atom. The molecule has 0 amide bonds. The average Bonchev–Trinajstić information content (AvgIpc) is 3.69. The van der Waals surface area contributed by atoms with Crippen LogP contribution in [0.1, 0.15) is 33.4 Å². The van der Waals surface area contributed by atoms with E-state index < -0.39 is 5.41 Å². The first-order valence-electron chi connectivity index (χ1n) is 12.9. The van der Waals surface area contributed by atoms with Gasteiger partial charge < -0.3 is 4.42 Å². The first kappa shape index (κ1) is 19.5. The Labute approximate surface area is 214 Å². The molecule has 0 saturated heterocycles. The van der Waals surface area contributed by atoms with Crippen molar-refractivity contribution < 1.29 is 4.42 Å². The fraction of sp³-hybridized carbons (Fsp3) is 0.0571. The van der Waals surface area contributed by atoms with E-state index in [0.29, 0.717) is 0 Å². The molecule has 2 aliphatic carbocycles. The summed E-state index contributed by atoms with van der Waals surface area (Å²) in [5.74, 6) is 0.983. The summed E-state index contributed by atoms with van der Waals surface area (Å²) in [5, 5.41) is 1.18. The largest absolute Gasteiger partial charge is 0.456 e. The predicted octanol–water partition coefficient (Wildman–Crippen LogP) is 8.45. The third-order valence-electron chi connectivity index (χ3n) is 8.53. The van der Waals surface area contributed by atoms with E-state index in [2.05, 4.69) is 115 Å². The van der Waals surface area contributed by atoms with Crippen LogP contribution < -0.4 is 0 Å². The van der Waals surface area contributed by atoms with Gasteiger partial charge in [-0.25, -0.2) is 0 Å². The molecule has 2 nitrogen and oxygen atoms in total. The topological polar surface area (TPSA) is 25.5 Å². The molecule has 37 heavy (non-hydrogen) atoms. The molecule has 1 aromatic heterocycles. The number of furan rings is 1. The average molecular weight is 472 g/mol. The fourth-order valence-corrected chi connectivity index (χ4v) is 7.16. The van der Waals surface area contributed by atoms with Gasteiger partial charge in [-0.2, -0.15) is 0 Å². The minimum absolute atomic E-state index is 0.424. The number of para-hydroxylation sites is 2. The number of hydrogen-bond acceptors (Lipinski definition) is 2. The molecule has 6 aromatic rings. The number of nitrogens with zero attached hydrogens (tertiary/aromatic N) is 1. The van der Waals surface area contributed by atoms with Crippen LogP contribution in [0.3, 0.4) is 0 Å². The van der Waals surface area contributed by atoms with Gasteiger partial charge in [0.05, 0.1) is 16.8 Å². The lowest BCUT2D eigenvalue weighted by molar-refractivity contribution is 0.628. The molecule has 2 heterocycles. The Kier molecular flexibility index (Phi) is 3.55. The van der Waals surface area contributed by atoms with Crippen LogP contribution in [0.15, 0.2) is 125 Å². The van der Waals surface area contributed by atoms with Gasteiger partial charge in [-0.05, 0) is 45.5 Å². The maximum atomic E-state index is 6.78. The molecule has 1 spiro atoms. The predicted molar refractivity (Wildman–Crippen MR) is 149 cm³/mol. The van der Waals surface area contributed by atoms with Gasteiger partial charge in [0, 0.05) is 28.5 Å². The minimum Gasteiger partial charge on any atom is -0.456 e. The first-order valence-corrected chi connectivity index (χ1v) is 12.9. The van der Waals surface area contributed by atoms with E-state index in [1.54, 1.807) is 0 Å². The standard InChI is InChI=1S/C35H21NO/c1-7-18-29-21(10-1)20-30(36-29)24-14-9-17-28-32(24)34-33(25-13-4-8-19-31(25)37-34)35(28)26-15-5-2-11-22(26)23-12-3-6-16-27(23)35/h1-19H,20H2. The van der Waals surface area contributed by atoms with E-state index in [4.69, 9.17) is 9.41 Å². The SMILES string of the molecule is c1ccc2c(c1)CC(c1cccc3c1-c1oc4ccccc4c1C31c3ccccc3-c3ccccc31)=N2. The second kappa shape index (κ2) is 6.74. The van der Waals surface area contributed by atoms with Crippen molar-refractivity contribution in [2.45, 2.75) is 11.8 Å². The smallest absolute Gasteiger partial charge is 0.141 e. The minimum atomic E-state index is -0.424. The van der Waals surface area contributed by atoms with E-state index in [1.165, 1.54) is 55.5 Å². The van der Waals surface area contributed by atoms with Crippen molar-refractivity contribution in [2.75, 3.05) is 0 Å². The lowest BCUT2D eigenvalue weighted by Gasteiger charge is -2.30. The zero-order valence-corrected chi connectivity index (χ0v) is 20.0. The monoisotopic (exact) mass is 471 g/mol. The Hall–Kier alpha value is -4.69. The Balaban J connectivity index is 1.45. The van der Waals surface area contributed by atoms with Gasteiger partial charge in [0.25, 0.3) is 0 Å². The molecule has 0 N–H and O–H groups in total. The molecule has 0 radical (unpaired) electrons. The van der Waals surface area contributed by atoms with Crippen molar-refractivity contribution in [3.05, 3.63) is 149 Å². The zero-order chi connectivity index (χ0) is 24.1. The number of hydrogen-bond donors (Lipinski definition) is 0. The van der Waals surface area contributed by atoms with Gasteiger partial charge in [0.1, 0.15) is 11.3 Å². The number of aliphatic imine (C=N–C) groups is 1. The lowest BCUT2D eigenvalue weighted by atomic mass is 9.70. The summed E-state index contributed by atoms with van der Waals surface area (Å²) in [4.78, 5) is 5.10. The maximum absolute atomic E-state index is 6.78. The molecule has 172 valence electrons. The Morgan fingerprint density at radius 2 is 1.24 bits per heavy atom. The van der Waals surface area contributed by atoms with Crippen molar-refractivity contribution in [3.8, 4) is 22.5 Å². The molecule has 0 atom stereocenters. The van der Waals surface area contributed by atoms with E-state index in [1.807, 2.05) is 0 Å². The van der Waals surface area contributed by atoms with Gasteiger partial charge in [-0.3, -0.25) is 4.99 Å². The molecule has 9 rings (SSSR count). The van der Waals surface area contributed by atoms with Crippen molar-refractivity contribution in [1.82, 2.24) is 0 Å². The number of benzene rings is 5. The Morgan fingerprint density at radius 1 is 0.595 bits per heavy atom. The number of fused-ring (bicyclic) bond motifs is 13. The molecule has 5 aromatic carbocycles. The van der Waals surface area contributed by atoms with Crippen LogP contribution in [-0.2, 0) is 11.8 Å². The van der Waals surface area contributed by atoms with Gasteiger partial charge >= 0.3 is 0 Å². The van der Waals surface area contributed by atoms with Crippen molar-refractivity contribution >= 4 is 22.4 Å². The molecule has 2 heteroatoms. The van der Waals surface area contributed by atoms with Crippen LogP contribution in [0.5, 0.6) is 0 Å². The molecule has 0 bridgehead atoms. The van der Waals surface area contributed by atoms with Crippen LogP contribution in [0.25, 0.3) is 33.4 Å². The second-order valence-corrected chi connectivity index (χ2v) is 10.2. The second-order valence-electron chi connectivity index (χ2n) is 10.2. The fourth-order valence-electron chi connectivity index (χ4n) is 7.16. The quantitative estimate of drug-likeness (QED) is 0.236. The van der Waals surface area contributed by atoms with Crippen LogP contribution in [0, 0.1) is 0 Å². The third kappa shape index (κ3) is 2.25. The van der Waals surface area contributed by atoms with E-state index in [0.717, 1.165) is 29.2 Å². The van der Waals surface area contributed by atoms with Crippen LogP contribution >= 0.6 is 0 Å². The highest BCUT2D eigenvalue weighted by Gasteiger charge is 2.55.